The van der Waals surface area contributed by atoms with Gasteiger partial charge in [0.2, 0.25) is 0 Å². The number of aliphatic imine (C=N–C) groups is 2. The summed E-state index contributed by atoms with van der Waals surface area (Å²) < 4.78 is 2.49. The Morgan fingerprint density at radius 3 is 1.61 bits per heavy atom. The summed E-state index contributed by atoms with van der Waals surface area (Å²) in [6, 6.07) is 71.2. The van der Waals surface area contributed by atoms with E-state index in [-0.39, 0.29) is 0 Å². The molecule has 0 saturated heterocycles. The summed E-state index contributed by atoms with van der Waals surface area (Å²) >= 11 is 1.81. The van der Waals surface area contributed by atoms with Gasteiger partial charge < -0.3 is 5.32 Å². The highest BCUT2D eigenvalue weighted by molar-refractivity contribution is 7.25. The second-order valence-electron chi connectivity index (χ2n) is 14.9. The van der Waals surface area contributed by atoms with Crippen LogP contribution in [0.5, 0.6) is 0 Å². The Kier molecular flexibility index (Phi) is 9.33. The maximum Gasteiger partial charge on any atom is 0.164 e. The van der Waals surface area contributed by atoms with Crippen molar-refractivity contribution in [1.82, 2.24) is 20.3 Å². The van der Waals surface area contributed by atoms with Crippen LogP contribution in [0.15, 0.2) is 216 Å². The Hall–Kier alpha value is -7.87. The summed E-state index contributed by atoms with van der Waals surface area (Å²) in [6.07, 6.45) is -0.478. The molecule has 1 N–H and O–H groups in total. The van der Waals surface area contributed by atoms with Gasteiger partial charge in [0.15, 0.2) is 23.3 Å². The minimum Gasteiger partial charge on any atom is -0.344 e. The van der Waals surface area contributed by atoms with Gasteiger partial charge in [-0.3, -0.25) is 0 Å². The van der Waals surface area contributed by atoms with E-state index in [1.165, 1.54) is 20.2 Å². The number of aromatic nitrogens is 3. The van der Waals surface area contributed by atoms with Crippen molar-refractivity contribution in [2.24, 2.45) is 9.98 Å². The molecule has 1 aliphatic rings. The molecule has 0 spiro atoms. The minimum absolute atomic E-state index is 0.478. The summed E-state index contributed by atoms with van der Waals surface area (Å²) in [7, 11) is 0. The molecule has 0 aliphatic carbocycles. The van der Waals surface area contributed by atoms with Gasteiger partial charge >= 0.3 is 0 Å². The third kappa shape index (κ3) is 7.07. The molecule has 0 amide bonds. The van der Waals surface area contributed by atoms with Gasteiger partial charge in [-0.1, -0.05) is 188 Å². The van der Waals surface area contributed by atoms with Gasteiger partial charge in [-0.2, -0.15) is 0 Å². The number of thiophene rings is 1. The van der Waals surface area contributed by atoms with E-state index >= 15 is 0 Å². The number of nitrogens with one attached hydrogen (secondary N) is 1. The molecule has 288 valence electrons. The van der Waals surface area contributed by atoms with Crippen LogP contribution in [0.1, 0.15) is 22.9 Å². The van der Waals surface area contributed by atoms with Crippen LogP contribution in [-0.2, 0) is 0 Å². The number of hydrogen-bond donors (Lipinski definition) is 1. The van der Waals surface area contributed by atoms with Crippen molar-refractivity contribution in [2.45, 2.75) is 6.17 Å². The van der Waals surface area contributed by atoms with Gasteiger partial charge in [0.1, 0.15) is 12.0 Å². The maximum atomic E-state index is 5.38. The number of nitrogens with zero attached hydrogens (tertiary/aromatic N) is 5. The fraction of sp³-hybridized carbons (Fsp3) is 0.0185. The lowest BCUT2D eigenvalue weighted by molar-refractivity contribution is 0.674. The fourth-order valence-corrected chi connectivity index (χ4v) is 9.17. The fourth-order valence-electron chi connectivity index (χ4n) is 8.02. The Morgan fingerprint density at radius 2 is 0.918 bits per heavy atom. The Morgan fingerprint density at radius 1 is 0.377 bits per heavy atom. The van der Waals surface area contributed by atoms with Crippen LogP contribution in [-0.4, -0.2) is 26.6 Å². The lowest BCUT2D eigenvalue weighted by Crippen LogP contribution is -2.33. The van der Waals surface area contributed by atoms with Crippen LogP contribution in [0.3, 0.4) is 0 Å². The van der Waals surface area contributed by atoms with E-state index in [4.69, 9.17) is 24.9 Å². The highest BCUT2D eigenvalue weighted by atomic mass is 32.1. The van der Waals surface area contributed by atoms with E-state index in [0.717, 1.165) is 61.5 Å². The number of rotatable bonds is 8. The van der Waals surface area contributed by atoms with Crippen LogP contribution in [0.2, 0.25) is 0 Å². The number of hydrogen-bond acceptors (Lipinski definition) is 7. The average Bonchev–Trinajstić information content (AvgIpc) is 3.73. The Balaban J connectivity index is 1.12. The molecule has 0 bridgehead atoms. The van der Waals surface area contributed by atoms with Crippen molar-refractivity contribution in [3.8, 4) is 56.4 Å². The van der Waals surface area contributed by atoms with Crippen molar-refractivity contribution < 1.29 is 0 Å². The number of fused-ring (bicyclic) bond motifs is 3. The molecule has 3 heterocycles. The summed E-state index contributed by atoms with van der Waals surface area (Å²) in [5.41, 5.74) is 9.85. The van der Waals surface area contributed by atoms with Crippen molar-refractivity contribution in [3.63, 3.8) is 0 Å². The van der Waals surface area contributed by atoms with Gasteiger partial charge in [0.05, 0.1) is 0 Å². The zero-order valence-corrected chi connectivity index (χ0v) is 33.7. The average molecular weight is 801 g/mol. The lowest BCUT2D eigenvalue weighted by atomic mass is 9.94. The largest absolute Gasteiger partial charge is 0.344 e. The molecule has 0 radical (unpaired) electrons. The monoisotopic (exact) mass is 800 g/mol. The second kappa shape index (κ2) is 15.7. The predicted molar refractivity (Wildman–Crippen MR) is 252 cm³/mol. The molecule has 0 fully saturated rings. The minimum atomic E-state index is -0.478. The normalized spacial score (nSPS) is 13.7. The molecule has 7 heteroatoms. The number of amidine groups is 2. The molecule has 1 atom stereocenters. The van der Waals surface area contributed by atoms with Crippen molar-refractivity contribution in [3.05, 3.63) is 223 Å². The maximum absolute atomic E-state index is 5.38. The smallest absolute Gasteiger partial charge is 0.164 e. The first-order chi connectivity index (χ1) is 30.2. The SMILES string of the molecule is c1ccc(C2=NC(c3ccccc3-c3ccccc3)=NC(c3ccc(-c4ccc5c(c4)sc4ccccc45)c(-c4nc(-c5ccccc5)nc(-c5ccccc5)n4)c3)N2)cc1. The van der Waals surface area contributed by atoms with Crippen LogP contribution in [0.4, 0.5) is 0 Å². The molecule has 1 unspecified atom stereocenters. The van der Waals surface area contributed by atoms with Crippen LogP contribution in [0, 0.1) is 0 Å². The highest BCUT2D eigenvalue weighted by Gasteiger charge is 2.25. The third-order valence-corrected chi connectivity index (χ3v) is 12.2. The molecule has 10 aromatic rings. The molecular formula is C54H36N6S. The molecule has 0 saturated carbocycles. The topological polar surface area (TPSA) is 75.4 Å². The predicted octanol–water partition coefficient (Wildman–Crippen LogP) is 13.1. The summed E-state index contributed by atoms with van der Waals surface area (Å²) in [5.74, 6) is 3.19. The molecule has 11 rings (SSSR count). The molecule has 6 nitrogen and oxygen atoms in total. The van der Waals surface area contributed by atoms with E-state index in [1.54, 1.807) is 0 Å². The second-order valence-corrected chi connectivity index (χ2v) is 16.0. The molecule has 8 aromatic carbocycles. The van der Waals surface area contributed by atoms with E-state index in [0.29, 0.717) is 23.3 Å². The standard InChI is InChI=1S/C54H36N6S/c1-5-17-35(18-6-1)41-25-13-14-27-45(41)53-57-51(38-23-11-4-12-24-38)56-52(60-53)40-30-31-42(39-29-32-44-43-26-15-16-28-47(43)61-48(44)34-39)46(33-40)54-58-49(36-19-7-2-8-20-36)55-50(59-54)37-21-9-3-10-22-37/h1-34,52H,(H,56,57,60). The van der Waals surface area contributed by atoms with Crippen molar-refractivity contribution in [2.75, 3.05) is 0 Å². The van der Waals surface area contributed by atoms with Crippen LogP contribution < -0.4 is 5.32 Å². The van der Waals surface area contributed by atoms with Crippen LogP contribution >= 0.6 is 11.3 Å². The van der Waals surface area contributed by atoms with Crippen molar-refractivity contribution >= 4 is 43.2 Å². The highest BCUT2D eigenvalue weighted by Crippen LogP contribution is 2.40. The molecule has 61 heavy (non-hydrogen) atoms. The quantitative estimate of drug-likeness (QED) is 0.166. The zero-order chi connectivity index (χ0) is 40.5. The first kappa shape index (κ1) is 36.2. The van der Waals surface area contributed by atoms with Gasteiger partial charge in [-0.25, -0.2) is 24.9 Å². The Labute approximate surface area is 357 Å². The van der Waals surface area contributed by atoms with Crippen LogP contribution in [0.25, 0.3) is 76.6 Å². The summed E-state index contributed by atoms with van der Waals surface area (Å²) in [6.45, 7) is 0. The van der Waals surface area contributed by atoms with E-state index in [2.05, 4.69) is 127 Å². The first-order valence-corrected chi connectivity index (χ1v) is 21.1. The third-order valence-electron chi connectivity index (χ3n) is 11.0. The van der Waals surface area contributed by atoms with E-state index in [9.17, 15) is 0 Å². The van der Waals surface area contributed by atoms with Gasteiger partial charge in [0, 0.05) is 48.0 Å². The summed E-state index contributed by atoms with van der Waals surface area (Å²) in [5, 5.41) is 6.22. The van der Waals surface area contributed by atoms with Crippen molar-refractivity contribution in [1.29, 1.82) is 0 Å². The first-order valence-electron chi connectivity index (χ1n) is 20.3. The molecule has 1 aliphatic heterocycles. The summed E-state index contributed by atoms with van der Waals surface area (Å²) in [4.78, 5) is 26.1. The van der Waals surface area contributed by atoms with Gasteiger partial charge in [-0.05, 0) is 46.0 Å². The van der Waals surface area contributed by atoms with Gasteiger partial charge in [0.25, 0.3) is 0 Å². The number of benzene rings is 8. The molecular weight excluding hydrogens is 765 g/mol. The zero-order valence-electron chi connectivity index (χ0n) is 32.9. The molecule has 2 aromatic heterocycles. The van der Waals surface area contributed by atoms with Gasteiger partial charge in [-0.15, -0.1) is 11.3 Å². The van der Waals surface area contributed by atoms with E-state index in [1.807, 2.05) is 96.3 Å². The Bertz CT molecular complexity index is 3210. The lowest BCUT2D eigenvalue weighted by Gasteiger charge is -2.25. The van der Waals surface area contributed by atoms with E-state index < -0.39 is 6.17 Å².